The van der Waals surface area contributed by atoms with Gasteiger partial charge in [-0.25, -0.2) is 22.5 Å². The summed E-state index contributed by atoms with van der Waals surface area (Å²) in [6.45, 7) is -0.0610. The number of hydrogen-bond donors (Lipinski definition) is 1. The fraction of sp³-hybridized carbons (Fsp3) is 0.0952. The number of benzene rings is 2. The zero-order valence-electron chi connectivity index (χ0n) is 16.2. The standard InChI is InChI=1S/C21H16FN3O5S/c1-25-20(26)17-7-6-16(11-18(17)21(25)27)31(28,29)24-12-13-8-9-23-19(10-13)30-15-4-2-14(22)3-5-15/h2-11,24H,12H2,1H3. The SMILES string of the molecule is CN1C(=O)c2ccc(S(=O)(=O)NCc3ccnc(Oc4ccc(F)cc4)c3)cc2C1=O. The molecule has 1 aromatic heterocycles. The fourth-order valence-corrected chi connectivity index (χ4v) is 4.05. The van der Waals surface area contributed by atoms with Gasteiger partial charge in [0.15, 0.2) is 0 Å². The highest BCUT2D eigenvalue weighted by molar-refractivity contribution is 7.89. The normalized spacial score (nSPS) is 13.4. The van der Waals surface area contributed by atoms with E-state index in [0.29, 0.717) is 11.3 Å². The number of rotatable bonds is 6. The Morgan fingerprint density at radius 3 is 2.45 bits per heavy atom. The van der Waals surface area contributed by atoms with Crippen LogP contribution in [0.2, 0.25) is 0 Å². The van der Waals surface area contributed by atoms with Gasteiger partial charge in [0.25, 0.3) is 11.8 Å². The number of amides is 2. The van der Waals surface area contributed by atoms with Crippen LogP contribution in [0.5, 0.6) is 11.6 Å². The molecule has 0 saturated carbocycles. The molecule has 0 unspecified atom stereocenters. The fourth-order valence-electron chi connectivity index (χ4n) is 3.01. The molecule has 2 amide bonds. The van der Waals surface area contributed by atoms with Crippen molar-refractivity contribution in [2.24, 2.45) is 0 Å². The number of nitrogens with zero attached hydrogens (tertiary/aromatic N) is 2. The van der Waals surface area contributed by atoms with Gasteiger partial charge in [0.05, 0.1) is 16.0 Å². The Hall–Kier alpha value is -3.63. The number of halogens is 1. The molecule has 0 saturated heterocycles. The first-order valence-electron chi connectivity index (χ1n) is 9.09. The summed E-state index contributed by atoms with van der Waals surface area (Å²) in [6, 6.07) is 12.4. The van der Waals surface area contributed by atoms with E-state index >= 15 is 0 Å². The maximum absolute atomic E-state index is 13.0. The van der Waals surface area contributed by atoms with Gasteiger partial charge in [-0.3, -0.25) is 14.5 Å². The van der Waals surface area contributed by atoms with Crippen molar-refractivity contribution in [1.29, 1.82) is 0 Å². The van der Waals surface area contributed by atoms with Gasteiger partial charge in [0.2, 0.25) is 15.9 Å². The Morgan fingerprint density at radius 2 is 1.71 bits per heavy atom. The summed E-state index contributed by atoms with van der Waals surface area (Å²) in [4.78, 5) is 28.9. The number of carbonyl (C=O) groups excluding carboxylic acids is 2. The van der Waals surface area contributed by atoms with E-state index in [1.54, 1.807) is 12.1 Å². The van der Waals surface area contributed by atoms with Gasteiger partial charge in [-0.1, -0.05) is 0 Å². The number of sulfonamides is 1. The van der Waals surface area contributed by atoms with Crippen LogP contribution in [0.1, 0.15) is 26.3 Å². The first-order valence-corrected chi connectivity index (χ1v) is 10.6. The van der Waals surface area contributed by atoms with Crippen LogP contribution >= 0.6 is 0 Å². The van der Waals surface area contributed by atoms with E-state index in [9.17, 15) is 22.4 Å². The average Bonchev–Trinajstić information content (AvgIpc) is 2.98. The van der Waals surface area contributed by atoms with Crippen LogP contribution in [0.4, 0.5) is 4.39 Å². The van der Waals surface area contributed by atoms with Gasteiger partial charge in [-0.05, 0) is 54.1 Å². The first kappa shape index (κ1) is 20.6. The molecule has 0 radical (unpaired) electrons. The lowest BCUT2D eigenvalue weighted by Crippen LogP contribution is -2.24. The Kier molecular flexibility index (Phi) is 5.25. The number of carbonyl (C=O) groups is 2. The van der Waals surface area contributed by atoms with E-state index in [4.69, 9.17) is 4.74 Å². The number of aromatic nitrogens is 1. The average molecular weight is 441 g/mol. The van der Waals surface area contributed by atoms with E-state index in [1.807, 2.05) is 0 Å². The van der Waals surface area contributed by atoms with Crippen LogP contribution in [0.3, 0.4) is 0 Å². The van der Waals surface area contributed by atoms with Crippen molar-refractivity contribution in [3.63, 3.8) is 0 Å². The maximum atomic E-state index is 13.0. The third-order valence-electron chi connectivity index (χ3n) is 4.67. The summed E-state index contributed by atoms with van der Waals surface area (Å²) >= 11 is 0. The molecular formula is C21H16FN3O5S. The molecule has 0 bridgehead atoms. The summed E-state index contributed by atoms with van der Waals surface area (Å²) in [5, 5.41) is 0. The zero-order chi connectivity index (χ0) is 22.2. The molecular weight excluding hydrogens is 425 g/mol. The number of ether oxygens (including phenoxy) is 1. The van der Waals surface area contributed by atoms with Crippen molar-refractivity contribution in [1.82, 2.24) is 14.6 Å². The minimum absolute atomic E-state index is 0.0503. The molecule has 0 spiro atoms. The van der Waals surface area contributed by atoms with E-state index in [0.717, 1.165) is 4.90 Å². The van der Waals surface area contributed by atoms with Gasteiger partial charge in [0, 0.05) is 25.9 Å². The Labute approximate surface area is 177 Å². The predicted octanol–water partition coefficient (Wildman–Crippen LogP) is 2.72. The summed E-state index contributed by atoms with van der Waals surface area (Å²) in [5.41, 5.74) is 0.792. The van der Waals surface area contributed by atoms with Crippen LogP contribution in [0.15, 0.2) is 65.7 Å². The molecule has 4 rings (SSSR count). The summed E-state index contributed by atoms with van der Waals surface area (Å²) in [7, 11) is -2.61. The second kappa shape index (κ2) is 7.89. The minimum Gasteiger partial charge on any atom is -0.439 e. The topological polar surface area (TPSA) is 106 Å². The molecule has 158 valence electrons. The van der Waals surface area contributed by atoms with Gasteiger partial charge >= 0.3 is 0 Å². The third-order valence-corrected chi connectivity index (χ3v) is 6.07. The van der Waals surface area contributed by atoms with Crippen LogP contribution in [0.25, 0.3) is 0 Å². The van der Waals surface area contributed by atoms with Crippen molar-refractivity contribution in [2.45, 2.75) is 11.4 Å². The quantitative estimate of drug-likeness (QED) is 0.590. The molecule has 31 heavy (non-hydrogen) atoms. The molecule has 2 aromatic carbocycles. The van der Waals surface area contributed by atoms with Gasteiger partial charge in [0.1, 0.15) is 11.6 Å². The lowest BCUT2D eigenvalue weighted by atomic mass is 10.1. The van der Waals surface area contributed by atoms with Crippen LogP contribution in [-0.2, 0) is 16.6 Å². The monoisotopic (exact) mass is 441 g/mol. The Balaban J connectivity index is 1.48. The molecule has 0 atom stereocenters. The van der Waals surface area contributed by atoms with Crippen molar-refractivity contribution in [2.75, 3.05) is 7.05 Å². The molecule has 1 aliphatic rings. The number of nitrogens with one attached hydrogen (secondary N) is 1. The summed E-state index contributed by atoms with van der Waals surface area (Å²) < 4.78 is 46.4. The first-order chi connectivity index (χ1) is 14.7. The number of fused-ring (bicyclic) bond motifs is 1. The number of imide groups is 1. The van der Waals surface area contributed by atoms with E-state index < -0.39 is 27.7 Å². The van der Waals surface area contributed by atoms with Crippen LogP contribution in [-0.4, -0.2) is 37.2 Å². The lowest BCUT2D eigenvalue weighted by Gasteiger charge is -2.09. The Morgan fingerprint density at radius 1 is 1.00 bits per heavy atom. The van der Waals surface area contributed by atoms with Crippen molar-refractivity contribution >= 4 is 21.8 Å². The highest BCUT2D eigenvalue weighted by Crippen LogP contribution is 2.25. The van der Waals surface area contributed by atoms with Crippen LogP contribution < -0.4 is 9.46 Å². The Bertz CT molecular complexity index is 1290. The largest absolute Gasteiger partial charge is 0.439 e. The van der Waals surface area contributed by atoms with Crippen molar-refractivity contribution in [3.8, 4) is 11.6 Å². The third kappa shape index (κ3) is 4.16. The second-order valence-electron chi connectivity index (χ2n) is 6.76. The molecule has 2 heterocycles. The maximum Gasteiger partial charge on any atom is 0.261 e. The van der Waals surface area contributed by atoms with E-state index in [2.05, 4.69) is 9.71 Å². The van der Waals surface area contributed by atoms with Gasteiger partial charge in [-0.2, -0.15) is 0 Å². The summed E-state index contributed by atoms with van der Waals surface area (Å²) in [5.74, 6) is -0.814. The van der Waals surface area contributed by atoms with E-state index in [-0.39, 0.29) is 28.4 Å². The van der Waals surface area contributed by atoms with Crippen molar-refractivity contribution in [3.05, 3.63) is 83.3 Å². The van der Waals surface area contributed by atoms with Crippen LogP contribution in [0, 0.1) is 5.82 Å². The van der Waals surface area contributed by atoms with E-state index in [1.165, 1.54) is 55.7 Å². The molecule has 1 N–H and O–H groups in total. The predicted molar refractivity (Wildman–Crippen MR) is 108 cm³/mol. The number of pyridine rings is 1. The van der Waals surface area contributed by atoms with Gasteiger partial charge < -0.3 is 4.74 Å². The minimum atomic E-state index is -3.95. The smallest absolute Gasteiger partial charge is 0.261 e. The summed E-state index contributed by atoms with van der Waals surface area (Å²) in [6.07, 6.45) is 1.46. The highest BCUT2D eigenvalue weighted by atomic mass is 32.2. The molecule has 0 fully saturated rings. The molecule has 3 aromatic rings. The molecule has 1 aliphatic heterocycles. The number of hydrogen-bond acceptors (Lipinski definition) is 6. The molecule has 10 heteroatoms. The lowest BCUT2D eigenvalue weighted by molar-refractivity contribution is 0.0693. The van der Waals surface area contributed by atoms with Crippen molar-refractivity contribution < 1.29 is 27.1 Å². The zero-order valence-corrected chi connectivity index (χ0v) is 17.0. The molecule has 8 nitrogen and oxygen atoms in total. The highest BCUT2D eigenvalue weighted by Gasteiger charge is 2.33. The second-order valence-corrected chi connectivity index (χ2v) is 8.53. The van der Waals surface area contributed by atoms with Gasteiger partial charge in [-0.15, -0.1) is 0 Å². The molecule has 0 aliphatic carbocycles.